The summed E-state index contributed by atoms with van der Waals surface area (Å²) in [5.74, 6) is -0.882. The molecule has 0 aliphatic carbocycles. The molecule has 0 aromatic carbocycles. The van der Waals surface area contributed by atoms with Crippen molar-refractivity contribution in [3.05, 3.63) is 0 Å². The number of ether oxygens (including phenoxy) is 4. The molecule has 0 radical (unpaired) electrons. The summed E-state index contributed by atoms with van der Waals surface area (Å²) in [4.78, 5) is 34.6. The lowest BCUT2D eigenvalue weighted by Gasteiger charge is -2.21. The fourth-order valence-electron chi connectivity index (χ4n) is 1.36. The average molecular weight is 352 g/mol. The molecule has 0 saturated heterocycles. The van der Waals surface area contributed by atoms with Gasteiger partial charge in [0.1, 0.15) is 19.8 Å². The molecule has 9 heteroatoms. The Morgan fingerprint density at radius 2 is 1.33 bits per heavy atom. The molecule has 0 aliphatic rings. The molecule has 0 atom stereocenters. The van der Waals surface area contributed by atoms with Gasteiger partial charge in [0, 0.05) is 21.8 Å². The Bertz CT molecular complexity index is 337. The van der Waals surface area contributed by atoms with Crippen LogP contribution in [0.5, 0.6) is 0 Å². The molecule has 0 aromatic rings. The fourth-order valence-corrected chi connectivity index (χ4v) is 1.36. The quantitative estimate of drug-likeness (QED) is 0.329. The van der Waals surface area contributed by atoms with Gasteiger partial charge in [0.05, 0.1) is 26.3 Å². The highest BCUT2D eigenvalue weighted by Gasteiger charge is 2.15. The van der Waals surface area contributed by atoms with E-state index >= 15 is 0 Å². The van der Waals surface area contributed by atoms with Crippen molar-refractivity contribution in [2.45, 2.75) is 27.7 Å². The van der Waals surface area contributed by atoms with Crippen molar-refractivity contribution < 1.29 is 34.8 Å². The van der Waals surface area contributed by atoms with E-state index in [9.17, 15) is 14.4 Å². The van der Waals surface area contributed by atoms with Crippen LogP contribution in [0.4, 0.5) is 4.79 Å². The number of carbonyl (C=O) groups is 3. The zero-order valence-electron chi connectivity index (χ0n) is 15.0. The summed E-state index contributed by atoms with van der Waals surface area (Å²) >= 11 is 0. The molecule has 0 heterocycles. The lowest BCUT2D eigenvalue weighted by atomic mass is 10.5. The van der Waals surface area contributed by atoms with Crippen LogP contribution in [0, 0.1) is 0 Å². The smallest absolute Gasteiger partial charge is 0.410 e. The van der Waals surface area contributed by atoms with Gasteiger partial charge in [0.25, 0.3) is 0 Å². The first-order chi connectivity index (χ1) is 11.5. The number of rotatable bonds is 11. The van der Waals surface area contributed by atoms with Crippen LogP contribution < -0.4 is 5.73 Å². The van der Waals surface area contributed by atoms with Gasteiger partial charge in [0.2, 0.25) is 0 Å². The lowest BCUT2D eigenvalue weighted by molar-refractivity contribution is -0.141. The van der Waals surface area contributed by atoms with Gasteiger partial charge >= 0.3 is 18.0 Å². The molecule has 2 N–H and O–H groups in total. The van der Waals surface area contributed by atoms with Gasteiger partial charge in [-0.05, 0) is 0 Å². The summed E-state index contributed by atoms with van der Waals surface area (Å²) in [5, 5.41) is 0. The van der Waals surface area contributed by atoms with E-state index in [4.69, 9.17) is 24.7 Å². The first-order valence-electron chi connectivity index (χ1n) is 7.93. The third-order valence-electron chi connectivity index (χ3n) is 2.31. The molecule has 24 heavy (non-hydrogen) atoms. The van der Waals surface area contributed by atoms with Gasteiger partial charge in [-0.15, -0.1) is 0 Å². The third kappa shape index (κ3) is 16.5. The standard InChI is InChI=1S/C13H24N2O7.C2H6.H2/c1-11(16)20-7-4-15(5-8-21-12(2)17)13(18)22-10-9-19-6-3-14;1-2;/h3-10,14H2,1-2H3;1-2H3;1H. The first-order valence-corrected chi connectivity index (χ1v) is 7.93. The fraction of sp³-hybridized carbons (Fsp3) is 0.800. The molecule has 0 bridgehead atoms. The molecule has 0 spiro atoms. The number of nitrogens with zero attached hydrogens (tertiary/aromatic N) is 1. The number of hydrogen-bond donors (Lipinski definition) is 1. The SMILES string of the molecule is CC.CC(=O)OCCN(CCOC(C)=O)C(=O)OCCOCCN.[HH]. The molecular weight excluding hydrogens is 320 g/mol. The van der Waals surface area contributed by atoms with E-state index in [0.29, 0.717) is 13.2 Å². The van der Waals surface area contributed by atoms with Crippen LogP contribution in [-0.2, 0) is 28.5 Å². The number of amides is 1. The highest BCUT2D eigenvalue weighted by molar-refractivity contribution is 5.68. The summed E-state index contributed by atoms with van der Waals surface area (Å²) < 4.78 is 19.6. The number of hydrogen-bond acceptors (Lipinski definition) is 8. The Morgan fingerprint density at radius 1 is 0.833 bits per heavy atom. The van der Waals surface area contributed by atoms with Crippen molar-refractivity contribution in [1.82, 2.24) is 4.90 Å². The zero-order valence-corrected chi connectivity index (χ0v) is 15.0. The molecule has 0 saturated carbocycles. The van der Waals surface area contributed by atoms with E-state index in [1.54, 1.807) is 0 Å². The van der Waals surface area contributed by atoms with E-state index in [1.165, 1.54) is 18.7 Å². The Labute approximate surface area is 144 Å². The Kier molecular flexibility index (Phi) is 17.8. The summed E-state index contributed by atoms with van der Waals surface area (Å²) in [5.41, 5.74) is 5.25. The van der Waals surface area contributed by atoms with Crippen molar-refractivity contribution in [3.63, 3.8) is 0 Å². The van der Waals surface area contributed by atoms with Crippen molar-refractivity contribution in [1.29, 1.82) is 0 Å². The Hall–Kier alpha value is -1.87. The molecule has 0 fully saturated rings. The highest BCUT2D eigenvalue weighted by atomic mass is 16.6. The topological polar surface area (TPSA) is 117 Å². The van der Waals surface area contributed by atoms with Crippen molar-refractivity contribution in [2.75, 3.05) is 52.7 Å². The van der Waals surface area contributed by atoms with Crippen LogP contribution >= 0.6 is 0 Å². The largest absolute Gasteiger partial charge is 0.464 e. The first kappa shape index (κ1) is 24.4. The second-order valence-electron chi connectivity index (χ2n) is 4.18. The molecule has 144 valence electrons. The van der Waals surface area contributed by atoms with Crippen LogP contribution in [0.25, 0.3) is 0 Å². The summed E-state index contributed by atoms with van der Waals surface area (Å²) in [7, 11) is 0. The van der Waals surface area contributed by atoms with E-state index < -0.39 is 18.0 Å². The molecule has 1 amide bonds. The van der Waals surface area contributed by atoms with E-state index in [1.807, 2.05) is 13.8 Å². The van der Waals surface area contributed by atoms with Crippen molar-refractivity contribution in [3.8, 4) is 0 Å². The second kappa shape index (κ2) is 17.5. The second-order valence-corrected chi connectivity index (χ2v) is 4.18. The maximum Gasteiger partial charge on any atom is 0.410 e. The summed E-state index contributed by atoms with van der Waals surface area (Å²) in [6, 6.07) is 0. The molecule has 9 nitrogen and oxygen atoms in total. The van der Waals surface area contributed by atoms with Crippen LogP contribution in [0.15, 0.2) is 0 Å². The van der Waals surface area contributed by atoms with Crippen molar-refractivity contribution in [2.24, 2.45) is 5.73 Å². The maximum atomic E-state index is 11.9. The number of esters is 2. The average Bonchev–Trinajstić information content (AvgIpc) is 2.54. The monoisotopic (exact) mass is 352 g/mol. The Morgan fingerprint density at radius 3 is 1.75 bits per heavy atom. The molecule has 0 rings (SSSR count). The van der Waals surface area contributed by atoms with Crippen LogP contribution in [0.1, 0.15) is 29.1 Å². The van der Waals surface area contributed by atoms with E-state index in [2.05, 4.69) is 0 Å². The van der Waals surface area contributed by atoms with Crippen LogP contribution in [-0.4, -0.2) is 75.6 Å². The van der Waals surface area contributed by atoms with Gasteiger partial charge in [-0.2, -0.15) is 0 Å². The van der Waals surface area contributed by atoms with Gasteiger partial charge in [-0.3, -0.25) is 9.59 Å². The van der Waals surface area contributed by atoms with E-state index in [-0.39, 0.29) is 40.9 Å². The molecule has 0 aliphatic heterocycles. The minimum absolute atomic E-state index is 0. The number of nitrogens with two attached hydrogens (primary N) is 1. The molecule has 0 unspecified atom stereocenters. The number of carbonyl (C=O) groups excluding carboxylic acids is 3. The third-order valence-corrected chi connectivity index (χ3v) is 2.31. The van der Waals surface area contributed by atoms with Crippen molar-refractivity contribution >= 4 is 18.0 Å². The predicted octanol–water partition coefficient (Wildman–Crippen LogP) is 0.799. The zero-order chi connectivity index (χ0) is 18.8. The molecule has 0 aromatic heterocycles. The summed E-state index contributed by atoms with van der Waals surface area (Å²) in [6.07, 6.45) is -0.601. The van der Waals surface area contributed by atoms with Gasteiger partial charge < -0.3 is 29.6 Å². The van der Waals surface area contributed by atoms with Gasteiger partial charge in [-0.25, -0.2) is 4.79 Å². The predicted molar refractivity (Wildman–Crippen MR) is 89.5 cm³/mol. The maximum absolute atomic E-state index is 11.9. The summed E-state index contributed by atoms with van der Waals surface area (Å²) in [6.45, 7) is 8.01. The minimum Gasteiger partial charge on any atom is -0.464 e. The normalized spacial score (nSPS) is 9.38. The Balaban J connectivity index is -0.00000155. The van der Waals surface area contributed by atoms with Crippen LogP contribution in [0.3, 0.4) is 0 Å². The van der Waals surface area contributed by atoms with E-state index in [0.717, 1.165) is 0 Å². The van der Waals surface area contributed by atoms with Gasteiger partial charge in [0.15, 0.2) is 0 Å². The highest BCUT2D eigenvalue weighted by Crippen LogP contribution is 1.96. The lowest BCUT2D eigenvalue weighted by Crippen LogP contribution is -2.38. The van der Waals surface area contributed by atoms with Gasteiger partial charge in [-0.1, -0.05) is 13.8 Å². The molecular formula is C15H32N2O7. The minimum atomic E-state index is -0.601. The van der Waals surface area contributed by atoms with Crippen LogP contribution in [0.2, 0.25) is 0 Å².